The average Bonchev–Trinajstić information content (AvgIpc) is 3.10. The van der Waals surface area contributed by atoms with E-state index in [0.29, 0.717) is 29.7 Å². The number of carbonyl (C=O) groups excluding carboxylic acids is 1. The highest BCUT2D eigenvalue weighted by Crippen LogP contribution is 2.19. The largest absolute Gasteiger partial charge is 0.465 e. The van der Waals surface area contributed by atoms with Gasteiger partial charge in [0.2, 0.25) is 0 Å². The molecule has 0 N–H and O–H groups in total. The fraction of sp³-hybridized carbons (Fsp3) is 0.136. The summed E-state index contributed by atoms with van der Waals surface area (Å²) in [5.41, 5.74) is 4.52. The lowest BCUT2D eigenvalue weighted by molar-refractivity contribution is 0.0599. The minimum atomic E-state index is -0.389. The predicted molar refractivity (Wildman–Crippen MR) is 100.0 cm³/mol. The van der Waals surface area contributed by atoms with Crippen LogP contribution < -0.4 is 0 Å². The number of carbonyl (C=O) groups is 1. The van der Waals surface area contributed by atoms with E-state index in [0.717, 1.165) is 16.7 Å². The molecule has 0 atom stereocenters. The Kier molecular flexibility index (Phi) is 5.35. The fourth-order valence-corrected chi connectivity index (χ4v) is 2.95. The third-order valence-corrected chi connectivity index (χ3v) is 4.27. The van der Waals surface area contributed by atoms with Crippen LogP contribution in [0.5, 0.6) is 0 Å². The van der Waals surface area contributed by atoms with Crippen molar-refractivity contribution in [3.8, 4) is 12.1 Å². The van der Waals surface area contributed by atoms with Crippen molar-refractivity contribution < 1.29 is 9.53 Å². The van der Waals surface area contributed by atoms with E-state index >= 15 is 0 Å². The zero-order chi connectivity index (χ0) is 19.2. The molecule has 0 saturated heterocycles. The van der Waals surface area contributed by atoms with Gasteiger partial charge < -0.3 is 9.30 Å². The molecule has 2 aromatic carbocycles. The Hall–Kier alpha value is -3.83. The molecule has 0 aliphatic carbocycles. The van der Waals surface area contributed by atoms with Crippen LogP contribution in [0.3, 0.4) is 0 Å². The number of hydrogen-bond donors (Lipinski definition) is 0. The number of ether oxygens (including phenoxy) is 1. The quantitative estimate of drug-likeness (QED) is 0.654. The van der Waals surface area contributed by atoms with Gasteiger partial charge in [0.05, 0.1) is 35.9 Å². The number of methoxy groups -OCH3 is 1. The van der Waals surface area contributed by atoms with Crippen LogP contribution in [0.15, 0.2) is 60.9 Å². The summed E-state index contributed by atoms with van der Waals surface area (Å²) in [5, 5.41) is 18.0. The monoisotopic (exact) mass is 355 g/mol. The molecule has 0 bridgehead atoms. The molecule has 0 radical (unpaired) electrons. The van der Waals surface area contributed by atoms with Crippen molar-refractivity contribution in [2.45, 2.75) is 13.0 Å². The Morgan fingerprint density at radius 3 is 2.41 bits per heavy atom. The van der Waals surface area contributed by atoms with Crippen LogP contribution in [0, 0.1) is 22.7 Å². The lowest BCUT2D eigenvalue weighted by Crippen LogP contribution is -2.03. The van der Waals surface area contributed by atoms with Crippen molar-refractivity contribution in [3.05, 3.63) is 94.3 Å². The molecule has 0 amide bonds. The highest BCUT2D eigenvalue weighted by Gasteiger charge is 2.16. The smallest absolute Gasteiger partial charge is 0.339 e. The third kappa shape index (κ3) is 4.23. The van der Waals surface area contributed by atoms with E-state index in [-0.39, 0.29) is 5.97 Å². The molecular weight excluding hydrogens is 338 g/mol. The maximum atomic E-state index is 12.2. The molecule has 27 heavy (non-hydrogen) atoms. The highest BCUT2D eigenvalue weighted by atomic mass is 16.5. The predicted octanol–water partition coefficient (Wildman–Crippen LogP) is 3.66. The van der Waals surface area contributed by atoms with Gasteiger partial charge in [0.25, 0.3) is 0 Å². The fourth-order valence-electron chi connectivity index (χ4n) is 2.95. The van der Waals surface area contributed by atoms with Gasteiger partial charge in [0.15, 0.2) is 0 Å². The normalized spacial score (nSPS) is 10.0. The summed E-state index contributed by atoms with van der Waals surface area (Å²) in [4.78, 5) is 12.2. The maximum Gasteiger partial charge on any atom is 0.339 e. The molecule has 5 heteroatoms. The van der Waals surface area contributed by atoms with Crippen LogP contribution >= 0.6 is 0 Å². The minimum Gasteiger partial charge on any atom is -0.465 e. The van der Waals surface area contributed by atoms with Gasteiger partial charge in [-0.2, -0.15) is 10.5 Å². The van der Waals surface area contributed by atoms with Crippen LogP contribution in [-0.2, 0) is 17.7 Å². The van der Waals surface area contributed by atoms with Crippen molar-refractivity contribution in [2.24, 2.45) is 0 Å². The van der Waals surface area contributed by atoms with E-state index in [1.54, 1.807) is 24.4 Å². The van der Waals surface area contributed by atoms with E-state index in [9.17, 15) is 4.79 Å². The van der Waals surface area contributed by atoms with Crippen LogP contribution in [0.25, 0.3) is 0 Å². The summed E-state index contributed by atoms with van der Waals surface area (Å²) in [5.74, 6) is -0.389. The number of nitriles is 2. The summed E-state index contributed by atoms with van der Waals surface area (Å²) in [6, 6.07) is 18.9. The molecule has 0 saturated carbocycles. The number of rotatable bonds is 5. The van der Waals surface area contributed by atoms with Crippen molar-refractivity contribution in [1.29, 1.82) is 10.5 Å². The second-order valence-electron chi connectivity index (χ2n) is 6.16. The summed E-state index contributed by atoms with van der Waals surface area (Å²) in [7, 11) is 1.36. The van der Waals surface area contributed by atoms with Gasteiger partial charge in [0.1, 0.15) is 0 Å². The number of aromatic nitrogens is 1. The molecule has 3 rings (SSSR count). The first kappa shape index (κ1) is 18.0. The number of nitrogens with zero attached hydrogens (tertiary/aromatic N) is 3. The van der Waals surface area contributed by atoms with E-state index in [4.69, 9.17) is 15.3 Å². The van der Waals surface area contributed by atoms with Crippen LogP contribution in [0.4, 0.5) is 0 Å². The SMILES string of the molecule is COC(=O)c1cn(Cc2ccc(C#N)cc2)cc1Cc1cccc(C#N)c1. The lowest BCUT2D eigenvalue weighted by Gasteiger charge is -2.03. The lowest BCUT2D eigenvalue weighted by atomic mass is 10.0. The molecule has 132 valence electrons. The Bertz CT molecular complexity index is 1050. The Balaban J connectivity index is 1.89. The van der Waals surface area contributed by atoms with Crippen molar-refractivity contribution >= 4 is 5.97 Å². The van der Waals surface area contributed by atoms with E-state index in [1.807, 2.05) is 41.1 Å². The Morgan fingerprint density at radius 1 is 1.00 bits per heavy atom. The van der Waals surface area contributed by atoms with Crippen molar-refractivity contribution in [3.63, 3.8) is 0 Å². The second-order valence-corrected chi connectivity index (χ2v) is 6.16. The van der Waals surface area contributed by atoms with Gasteiger partial charge in [-0.1, -0.05) is 24.3 Å². The highest BCUT2D eigenvalue weighted by molar-refractivity contribution is 5.91. The van der Waals surface area contributed by atoms with Gasteiger partial charge in [-0.3, -0.25) is 0 Å². The van der Waals surface area contributed by atoms with E-state index in [1.165, 1.54) is 7.11 Å². The van der Waals surface area contributed by atoms with Crippen LogP contribution in [-0.4, -0.2) is 17.6 Å². The zero-order valence-electron chi connectivity index (χ0n) is 14.8. The standard InChI is InChI=1S/C22H17N3O2/c1-27-22(26)21-15-25(13-17-7-5-16(11-23)6-8-17)14-20(21)10-18-3-2-4-19(9-18)12-24/h2-9,14-15H,10,13H2,1H3. The molecule has 1 heterocycles. The molecule has 0 unspecified atom stereocenters. The zero-order valence-corrected chi connectivity index (χ0v) is 14.8. The van der Waals surface area contributed by atoms with Gasteiger partial charge in [-0.05, 0) is 47.4 Å². The van der Waals surface area contributed by atoms with Gasteiger partial charge in [-0.15, -0.1) is 0 Å². The summed E-state index contributed by atoms with van der Waals surface area (Å²) >= 11 is 0. The summed E-state index contributed by atoms with van der Waals surface area (Å²) < 4.78 is 6.84. The molecule has 5 nitrogen and oxygen atoms in total. The topological polar surface area (TPSA) is 78.8 Å². The van der Waals surface area contributed by atoms with Crippen LogP contribution in [0.2, 0.25) is 0 Å². The van der Waals surface area contributed by atoms with Gasteiger partial charge in [0, 0.05) is 18.9 Å². The molecular formula is C22H17N3O2. The van der Waals surface area contributed by atoms with E-state index < -0.39 is 0 Å². The first-order valence-corrected chi connectivity index (χ1v) is 8.38. The van der Waals surface area contributed by atoms with Gasteiger partial charge in [-0.25, -0.2) is 4.79 Å². The van der Waals surface area contributed by atoms with E-state index in [2.05, 4.69) is 12.1 Å². The molecule has 0 aliphatic heterocycles. The summed E-state index contributed by atoms with van der Waals surface area (Å²) in [6.45, 7) is 0.577. The minimum absolute atomic E-state index is 0.389. The molecule has 0 spiro atoms. The Morgan fingerprint density at radius 2 is 1.74 bits per heavy atom. The Labute approximate surface area is 157 Å². The summed E-state index contributed by atoms with van der Waals surface area (Å²) in [6.07, 6.45) is 4.22. The first-order valence-electron chi connectivity index (χ1n) is 8.38. The van der Waals surface area contributed by atoms with Crippen LogP contribution in [0.1, 0.15) is 38.2 Å². The van der Waals surface area contributed by atoms with Gasteiger partial charge >= 0.3 is 5.97 Å². The molecule has 0 aliphatic rings. The third-order valence-electron chi connectivity index (χ3n) is 4.27. The number of hydrogen-bond acceptors (Lipinski definition) is 4. The number of esters is 1. The molecule has 0 fully saturated rings. The maximum absolute atomic E-state index is 12.2. The first-order chi connectivity index (χ1) is 13.1. The molecule has 3 aromatic rings. The van der Waals surface area contributed by atoms with Crippen molar-refractivity contribution in [1.82, 2.24) is 4.57 Å². The van der Waals surface area contributed by atoms with Crippen molar-refractivity contribution in [2.75, 3.05) is 7.11 Å². The second kappa shape index (κ2) is 8.03. The molecule has 1 aromatic heterocycles. The average molecular weight is 355 g/mol. The number of benzene rings is 2.